The maximum atomic E-state index is 12.9. The summed E-state index contributed by atoms with van der Waals surface area (Å²) in [6.45, 7) is 2.39. The SMILES string of the molecule is CCOc1ccc(N2C(=O)C[C@H](Sc3cccc(NC(=O)/C=C/C(=O)O)c3)C2=O)cc1. The zero-order valence-corrected chi connectivity index (χ0v) is 17.4. The quantitative estimate of drug-likeness (QED) is 0.479. The molecule has 0 spiro atoms. The minimum Gasteiger partial charge on any atom is -0.494 e. The molecule has 3 amide bonds. The van der Waals surface area contributed by atoms with Gasteiger partial charge in [0.05, 0.1) is 17.5 Å². The molecule has 1 atom stereocenters. The highest BCUT2D eigenvalue weighted by Crippen LogP contribution is 2.35. The molecule has 8 nitrogen and oxygen atoms in total. The second-order valence-electron chi connectivity index (χ2n) is 6.49. The van der Waals surface area contributed by atoms with Crippen LogP contribution in [0.1, 0.15) is 13.3 Å². The van der Waals surface area contributed by atoms with Gasteiger partial charge in [-0.1, -0.05) is 6.07 Å². The Labute approximate surface area is 182 Å². The number of carbonyl (C=O) groups excluding carboxylic acids is 3. The van der Waals surface area contributed by atoms with E-state index in [-0.39, 0.29) is 18.2 Å². The Morgan fingerprint density at radius 3 is 2.61 bits per heavy atom. The zero-order valence-electron chi connectivity index (χ0n) is 16.6. The van der Waals surface area contributed by atoms with E-state index in [9.17, 15) is 19.2 Å². The largest absolute Gasteiger partial charge is 0.494 e. The van der Waals surface area contributed by atoms with Crippen molar-refractivity contribution in [3.8, 4) is 5.75 Å². The zero-order chi connectivity index (χ0) is 22.4. The number of carbonyl (C=O) groups is 4. The van der Waals surface area contributed by atoms with Crippen molar-refractivity contribution in [3.05, 3.63) is 60.7 Å². The molecular formula is C22H20N2O6S. The third-order valence-electron chi connectivity index (χ3n) is 4.27. The van der Waals surface area contributed by atoms with Gasteiger partial charge in [0.15, 0.2) is 0 Å². The van der Waals surface area contributed by atoms with Gasteiger partial charge in [-0.3, -0.25) is 14.4 Å². The molecule has 2 N–H and O–H groups in total. The highest BCUT2D eigenvalue weighted by molar-refractivity contribution is 8.00. The van der Waals surface area contributed by atoms with Crippen LogP contribution in [0, 0.1) is 0 Å². The smallest absolute Gasteiger partial charge is 0.328 e. The van der Waals surface area contributed by atoms with E-state index < -0.39 is 17.1 Å². The summed E-state index contributed by atoms with van der Waals surface area (Å²) in [6.07, 6.45) is 1.72. The number of aliphatic carboxylic acids is 1. The highest BCUT2D eigenvalue weighted by atomic mass is 32.2. The number of thioether (sulfide) groups is 1. The van der Waals surface area contributed by atoms with Crippen molar-refractivity contribution in [2.45, 2.75) is 23.5 Å². The number of rotatable bonds is 8. The lowest BCUT2D eigenvalue weighted by molar-refractivity contribution is -0.131. The Kier molecular flexibility index (Phi) is 7.09. The number of nitrogens with zero attached hydrogens (tertiary/aromatic N) is 1. The van der Waals surface area contributed by atoms with E-state index in [1.165, 1.54) is 16.7 Å². The fraction of sp³-hybridized carbons (Fsp3) is 0.182. The van der Waals surface area contributed by atoms with Gasteiger partial charge in [-0.15, -0.1) is 11.8 Å². The van der Waals surface area contributed by atoms with E-state index in [1.807, 2.05) is 6.92 Å². The molecule has 0 radical (unpaired) electrons. The maximum absolute atomic E-state index is 12.9. The van der Waals surface area contributed by atoms with E-state index in [0.29, 0.717) is 28.6 Å². The van der Waals surface area contributed by atoms with E-state index >= 15 is 0 Å². The molecule has 0 bridgehead atoms. The molecule has 1 heterocycles. The first kappa shape index (κ1) is 22.1. The van der Waals surface area contributed by atoms with Crippen LogP contribution in [-0.2, 0) is 19.2 Å². The van der Waals surface area contributed by atoms with E-state index in [1.54, 1.807) is 48.5 Å². The highest BCUT2D eigenvalue weighted by Gasteiger charge is 2.40. The summed E-state index contributed by atoms with van der Waals surface area (Å²) in [7, 11) is 0. The molecule has 1 fully saturated rings. The molecule has 0 saturated carbocycles. The first-order valence-corrected chi connectivity index (χ1v) is 10.3. The summed E-state index contributed by atoms with van der Waals surface area (Å²) in [5, 5.41) is 10.5. The van der Waals surface area contributed by atoms with Crippen LogP contribution in [0.3, 0.4) is 0 Å². The summed E-state index contributed by atoms with van der Waals surface area (Å²) in [5.41, 5.74) is 0.943. The summed E-state index contributed by atoms with van der Waals surface area (Å²) in [6, 6.07) is 13.5. The van der Waals surface area contributed by atoms with Crippen molar-refractivity contribution >= 4 is 46.8 Å². The van der Waals surface area contributed by atoms with Crippen LogP contribution >= 0.6 is 11.8 Å². The van der Waals surface area contributed by atoms with Crippen LogP contribution in [0.15, 0.2) is 65.6 Å². The van der Waals surface area contributed by atoms with Crippen LogP contribution < -0.4 is 15.0 Å². The topological polar surface area (TPSA) is 113 Å². The van der Waals surface area contributed by atoms with Crippen molar-refractivity contribution in [3.63, 3.8) is 0 Å². The molecular weight excluding hydrogens is 420 g/mol. The molecule has 160 valence electrons. The van der Waals surface area contributed by atoms with Gasteiger partial charge in [0.2, 0.25) is 17.7 Å². The minimum atomic E-state index is -1.22. The molecule has 1 aliphatic rings. The average Bonchev–Trinajstić information content (AvgIpc) is 3.00. The summed E-state index contributed by atoms with van der Waals surface area (Å²) in [4.78, 5) is 49.5. The van der Waals surface area contributed by atoms with Gasteiger partial charge >= 0.3 is 5.97 Å². The molecule has 1 aliphatic heterocycles. The molecule has 9 heteroatoms. The summed E-state index contributed by atoms with van der Waals surface area (Å²) in [5.74, 6) is -1.74. The predicted molar refractivity (Wildman–Crippen MR) is 116 cm³/mol. The van der Waals surface area contributed by atoms with Gasteiger partial charge in [0, 0.05) is 29.2 Å². The molecule has 0 unspecified atom stereocenters. The lowest BCUT2D eigenvalue weighted by Crippen LogP contribution is -2.31. The number of imide groups is 1. The first-order chi connectivity index (χ1) is 14.9. The van der Waals surface area contributed by atoms with Gasteiger partial charge in [-0.2, -0.15) is 0 Å². The normalized spacial score (nSPS) is 16.0. The molecule has 0 aliphatic carbocycles. The molecule has 2 aromatic carbocycles. The fourth-order valence-corrected chi connectivity index (χ4v) is 4.08. The van der Waals surface area contributed by atoms with Crippen molar-refractivity contribution in [2.24, 2.45) is 0 Å². The average molecular weight is 440 g/mol. The monoisotopic (exact) mass is 440 g/mol. The van der Waals surface area contributed by atoms with Gasteiger partial charge in [-0.05, 0) is 49.4 Å². The number of nitrogens with one attached hydrogen (secondary N) is 1. The lowest BCUT2D eigenvalue weighted by Gasteiger charge is -2.15. The number of ether oxygens (including phenoxy) is 1. The standard InChI is InChI=1S/C22H20N2O6S/c1-2-30-16-8-6-15(7-9-16)24-20(26)13-18(22(24)29)31-17-5-3-4-14(12-17)23-19(25)10-11-21(27)28/h3-12,18H,2,13H2,1H3,(H,23,25)(H,27,28)/b11-10+/t18-/m0/s1. The fourth-order valence-electron chi connectivity index (χ4n) is 2.97. The van der Waals surface area contributed by atoms with Crippen molar-refractivity contribution < 1.29 is 29.0 Å². The second kappa shape index (κ2) is 9.94. The number of benzene rings is 2. The molecule has 0 aromatic heterocycles. The Morgan fingerprint density at radius 2 is 1.94 bits per heavy atom. The van der Waals surface area contributed by atoms with Crippen LogP contribution in [0.2, 0.25) is 0 Å². The lowest BCUT2D eigenvalue weighted by atomic mass is 10.3. The van der Waals surface area contributed by atoms with Crippen molar-refractivity contribution in [1.29, 1.82) is 0 Å². The van der Waals surface area contributed by atoms with Gasteiger partial charge < -0.3 is 15.2 Å². The van der Waals surface area contributed by atoms with Crippen LogP contribution in [0.5, 0.6) is 5.75 Å². The number of carboxylic acid groups (broad SMARTS) is 1. The van der Waals surface area contributed by atoms with Crippen molar-refractivity contribution in [1.82, 2.24) is 0 Å². The van der Waals surface area contributed by atoms with Crippen LogP contribution in [-0.4, -0.2) is 40.7 Å². The summed E-state index contributed by atoms with van der Waals surface area (Å²) < 4.78 is 5.39. The Bertz CT molecular complexity index is 1030. The Balaban J connectivity index is 1.68. The Hall–Kier alpha value is -3.59. The molecule has 2 aromatic rings. The predicted octanol–water partition coefficient (Wildman–Crippen LogP) is 3.09. The Morgan fingerprint density at radius 1 is 1.19 bits per heavy atom. The number of hydrogen-bond donors (Lipinski definition) is 2. The molecule has 1 saturated heterocycles. The number of carboxylic acids is 1. The molecule has 31 heavy (non-hydrogen) atoms. The third kappa shape index (κ3) is 5.73. The number of amides is 3. The van der Waals surface area contributed by atoms with Gasteiger partial charge in [-0.25, -0.2) is 9.69 Å². The van der Waals surface area contributed by atoms with E-state index in [0.717, 1.165) is 12.2 Å². The minimum absolute atomic E-state index is 0.0641. The molecule has 3 rings (SSSR count). The third-order valence-corrected chi connectivity index (χ3v) is 5.45. The summed E-state index contributed by atoms with van der Waals surface area (Å²) >= 11 is 1.23. The number of hydrogen-bond acceptors (Lipinski definition) is 6. The van der Waals surface area contributed by atoms with Gasteiger partial charge in [0.1, 0.15) is 5.75 Å². The van der Waals surface area contributed by atoms with E-state index in [2.05, 4.69) is 5.32 Å². The van der Waals surface area contributed by atoms with Crippen LogP contribution in [0.25, 0.3) is 0 Å². The van der Waals surface area contributed by atoms with Gasteiger partial charge in [0.25, 0.3) is 0 Å². The van der Waals surface area contributed by atoms with Crippen LogP contribution in [0.4, 0.5) is 11.4 Å². The van der Waals surface area contributed by atoms with E-state index in [4.69, 9.17) is 9.84 Å². The second-order valence-corrected chi connectivity index (χ2v) is 7.77. The maximum Gasteiger partial charge on any atom is 0.328 e. The first-order valence-electron chi connectivity index (χ1n) is 9.45. The van der Waals surface area contributed by atoms with Crippen molar-refractivity contribution in [2.75, 3.05) is 16.8 Å². The number of anilines is 2.